The summed E-state index contributed by atoms with van der Waals surface area (Å²) in [7, 11) is 0. The zero-order chi connectivity index (χ0) is 36.4. The van der Waals surface area contributed by atoms with Crippen LogP contribution in [0.5, 0.6) is 0 Å². The number of benzene rings is 6. The third-order valence-electron chi connectivity index (χ3n) is 12.1. The van der Waals surface area contributed by atoms with Gasteiger partial charge in [0, 0.05) is 27.5 Å². The topological polar surface area (TPSA) is 75.6 Å². The van der Waals surface area contributed by atoms with E-state index < -0.39 is 0 Å². The van der Waals surface area contributed by atoms with Crippen molar-refractivity contribution < 1.29 is 4.42 Å². The van der Waals surface area contributed by atoms with E-state index >= 15 is 0 Å². The Kier molecular flexibility index (Phi) is 7.70. The van der Waals surface area contributed by atoms with Crippen LogP contribution >= 0.6 is 0 Å². The molecule has 0 radical (unpaired) electrons. The number of nitriles is 1. The van der Waals surface area contributed by atoms with Crippen LogP contribution in [0, 0.1) is 29.1 Å². The molecule has 0 saturated heterocycles. The highest BCUT2D eigenvalue weighted by molar-refractivity contribution is 6.06. The quantitative estimate of drug-likeness (QED) is 0.179. The van der Waals surface area contributed by atoms with Gasteiger partial charge in [-0.15, -0.1) is 0 Å². The molecular formula is C49H40N4O. The van der Waals surface area contributed by atoms with Crippen LogP contribution in [0.2, 0.25) is 0 Å². The number of hydrogen-bond acceptors (Lipinski definition) is 5. The Morgan fingerprint density at radius 2 is 1.20 bits per heavy atom. The van der Waals surface area contributed by atoms with Gasteiger partial charge < -0.3 is 4.42 Å². The van der Waals surface area contributed by atoms with Crippen LogP contribution < -0.4 is 0 Å². The van der Waals surface area contributed by atoms with Crippen LogP contribution in [0.25, 0.3) is 78.0 Å². The first kappa shape index (κ1) is 32.5. The van der Waals surface area contributed by atoms with Gasteiger partial charge in [-0.2, -0.15) is 5.26 Å². The lowest BCUT2D eigenvalue weighted by Gasteiger charge is -2.50. The van der Waals surface area contributed by atoms with E-state index in [1.54, 1.807) is 6.07 Å². The fourth-order valence-electron chi connectivity index (χ4n) is 10.1. The first-order valence-corrected chi connectivity index (χ1v) is 19.2. The maximum absolute atomic E-state index is 9.53. The molecule has 0 N–H and O–H groups in total. The molecular weight excluding hydrogens is 661 g/mol. The summed E-state index contributed by atoms with van der Waals surface area (Å²) in [4.78, 5) is 15.5. The Morgan fingerprint density at radius 3 is 2.00 bits per heavy atom. The lowest BCUT2D eigenvalue weighted by molar-refractivity contribution is 0.0780. The second kappa shape index (κ2) is 12.8. The van der Waals surface area contributed by atoms with Gasteiger partial charge in [0.2, 0.25) is 0 Å². The monoisotopic (exact) mass is 700 g/mol. The van der Waals surface area contributed by atoms with E-state index in [1.165, 1.54) is 37.7 Å². The van der Waals surface area contributed by atoms with Gasteiger partial charge in [-0.1, -0.05) is 105 Å². The van der Waals surface area contributed by atoms with Crippen molar-refractivity contribution in [1.29, 1.82) is 5.26 Å². The van der Waals surface area contributed by atoms with Crippen molar-refractivity contribution in [2.45, 2.75) is 51.4 Å². The molecule has 4 atom stereocenters. The van der Waals surface area contributed by atoms with E-state index in [1.807, 2.05) is 18.2 Å². The average Bonchev–Trinajstić information content (AvgIpc) is 3.57. The van der Waals surface area contributed by atoms with E-state index in [2.05, 4.69) is 123 Å². The molecule has 54 heavy (non-hydrogen) atoms. The molecule has 2 aromatic heterocycles. The molecule has 6 aromatic carbocycles. The largest absolute Gasteiger partial charge is 0.456 e. The molecule has 2 aliphatic rings. The second-order valence-electron chi connectivity index (χ2n) is 16.1. The Balaban J connectivity index is 1.08. The summed E-state index contributed by atoms with van der Waals surface area (Å²) < 4.78 is 6.11. The van der Waals surface area contributed by atoms with Crippen molar-refractivity contribution in [1.82, 2.24) is 15.0 Å². The van der Waals surface area contributed by atoms with Crippen LogP contribution in [0.1, 0.15) is 57.1 Å². The minimum atomic E-state index is 0.265. The molecule has 0 spiro atoms. The first-order chi connectivity index (χ1) is 26.4. The molecule has 0 aliphatic heterocycles. The lowest BCUT2D eigenvalue weighted by Crippen LogP contribution is -2.42. The maximum Gasteiger partial charge on any atom is 0.164 e. The summed E-state index contributed by atoms with van der Waals surface area (Å²) in [5, 5.41) is 13.7. The molecule has 2 fully saturated rings. The fourth-order valence-corrected chi connectivity index (χ4v) is 10.1. The zero-order valence-electron chi connectivity index (χ0n) is 30.6. The normalized spacial score (nSPS) is 21.0. The Bertz CT molecular complexity index is 2750. The van der Waals surface area contributed by atoms with Gasteiger partial charge in [-0.05, 0) is 119 Å². The van der Waals surface area contributed by atoms with Crippen LogP contribution in [-0.4, -0.2) is 15.0 Å². The third-order valence-corrected chi connectivity index (χ3v) is 12.1. The van der Waals surface area contributed by atoms with E-state index in [0.717, 1.165) is 78.3 Å². The van der Waals surface area contributed by atoms with Crippen LogP contribution in [0.15, 0.2) is 132 Å². The molecule has 8 aromatic rings. The minimum Gasteiger partial charge on any atom is -0.456 e. The van der Waals surface area contributed by atoms with Crippen LogP contribution in [-0.2, 0) is 5.41 Å². The Hall–Kier alpha value is -6.12. The molecule has 5 nitrogen and oxygen atoms in total. The van der Waals surface area contributed by atoms with Gasteiger partial charge in [-0.25, -0.2) is 15.0 Å². The maximum atomic E-state index is 9.53. The van der Waals surface area contributed by atoms with Gasteiger partial charge in [-0.3, -0.25) is 0 Å². The number of nitrogens with zero attached hydrogens (tertiary/aromatic N) is 4. The molecule has 2 heterocycles. The number of aromatic nitrogens is 3. The van der Waals surface area contributed by atoms with Crippen LogP contribution in [0.4, 0.5) is 0 Å². The first-order valence-electron chi connectivity index (χ1n) is 19.2. The molecule has 2 saturated carbocycles. The highest BCUT2D eigenvalue weighted by Crippen LogP contribution is 2.54. The number of hydrogen-bond donors (Lipinski definition) is 0. The molecule has 262 valence electrons. The average molecular weight is 701 g/mol. The Morgan fingerprint density at radius 1 is 0.574 bits per heavy atom. The van der Waals surface area contributed by atoms with Crippen molar-refractivity contribution in [2.75, 3.05) is 0 Å². The van der Waals surface area contributed by atoms with Crippen LogP contribution in [0.3, 0.4) is 0 Å². The number of fused-ring (bicyclic) bond motifs is 6. The fraction of sp³-hybridized carbons (Fsp3) is 0.224. The molecule has 2 aliphatic carbocycles. The summed E-state index contributed by atoms with van der Waals surface area (Å²) in [6.45, 7) is 4.90. The van der Waals surface area contributed by atoms with Gasteiger partial charge in [0.1, 0.15) is 11.2 Å². The second-order valence-corrected chi connectivity index (χ2v) is 16.1. The summed E-state index contributed by atoms with van der Waals surface area (Å²) in [5.74, 6) is 4.32. The van der Waals surface area contributed by atoms with E-state index in [0.29, 0.717) is 23.0 Å². The predicted octanol–water partition coefficient (Wildman–Crippen LogP) is 12.6. The minimum absolute atomic E-state index is 0.265. The van der Waals surface area contributed by atoms with Gasteiger partial charge in [0.25, 0.3) is 0 Å². The predicted molar refractivity (Wildman–Crippen MR) is 218 cm³/mol. The number of rotatable bonds is 5. The molecule has 5 heteroatoms. The summed E-state index contributed by atoms with van der Waals surface area (Å²) in [6, 6.07) is 46.4. The SMILES string of the molecule is CC1C[C@@H]2C[C@H](C)CC(c3ccc(-c4nc(-c5cccc(-c6ccc7oc8ccc(C#N)cc8c7c6)c5)nc(-c5cccc6ccccc56)n4)cc3)(C1)C2. The van der Waals surface area contributed by atoms with Gasteiger partial charge in [0.15, 0.2) is 17.5 Å². The van der Waals surface area contributed by atoms with Crippen molar-refractivity contribution >= 4 is 32.7 Å². The van der Waals surface area contributed by atoms with E-state index in [9.17, 15) is 5.26 Å². The molecule has 2 bridgehead atoms. The molecule has 2 unspecified atom stereocenters. The third kappa shape index (κ3) is 5.65. The summed E-state index contributed by atoms with van der Waals surface area (Å²) >= 11 is 0. The molecule has 0 amide bonds. The lowest BCUT2D eigenvalue weighted by atomic mass is 9.54. The smallest absolute Gasteiger partial charge is 0.164 e. The number of furan rings is 1. The van der Waals surface area contributed by atoms with E-state index in [4.69, 9.17) is 19.4 Å². The summed E-state index contributed by atoms with van der Waals surface area (Å²) in [6.07, 6.45) is 6.59. The Labute approximate surface area is 315 Å². The summed E-state index contributed by atoms with van der Waals surface area (Å²) in [5.41, 5.74) is 8.89. The highest BCUT2D eigenvalue weighted by atomic mass is 16.3. The molecule has 10 rings (SSSR count). The van der Waals surface area contributed by atoms with E-state index in [-0.39, 0.29) is 5.41 Å². The zero-order valence-corrected chi connectivity index (χ0v) is 30.6. The van der Waals surface area contributed by atoms with Crippen molar-refractivity contribution in [3.05, 3.63) is 139 Å². The standard InChI is InChI=1S/C49H40N4O/c1-30-21-33-22-31(2)27-49(26-30,28-33)39-17-14-35(15-18-39)46-51-47(53-48(52-46)41-12-6-8-34-7-3-4-11-40(34)41)38-10-5-9-36(24-38)37-16-20-45-43(25-37)42-23-32(29-50)13-19-44(42)54-45/h3-20,23-25,30-31,33H,21-22,26-28H2,1-2H3/t30-,31?,33-,49?/m0/s1. The van der Waals surface area contributed by atoms with Crippen molar-refractivity contribution in [3.63, 3.8) is 0 Å². The van der Waals surface area contributed by atoms with Crippen molar-refractivity contribution in [3.8, 4) is 51.4 Å². The van der Waals surface area contributed by atoms with Gasteiger partial charge >= 0.3 is 0 Å². The highest BCUT2D eigenvalue weighted by Gasteiger charge is 2.45. The van der Waals surface area contributed by atoms with Gasteiger partial charge in [0.05, 0.1) is 11.6 Å². The van der Waals surface area contributed by atoms with Crippen molar-refractivity contribution in [2.24, 2.45) is 17.8 Å².